The van der Waals surface area contributed by atoms with E-state index in [1.807, 2.05) is 0 Å². The van der Waals surface area contributed by atoms with Crippen LogP contribution in [0.5, 0.6) is 0 Å². The molecular formula is C20H28FN5O3S. The van der Waals surface area contributed by atoms with E-state index in [1.54, 1.807) is 13.8 Å². The molecule has 1 atom stereocenters. The van der Waals surface area contributed by atoms with Crippen LogP contribution in [-0.2, 0) is 34.2 Å². The summed E-state index contributed by atoms with van der Waals surface area (Å²) < 4.78 is 43.5. The summed E-state index contributed by atoms with van der Waals surface area (Å²) in [6.45, 7) is 4.64. The van der Waals surface area contributed by atoms with Crippen molar-refractivity contribution in [1.82, 2.24) is 24.8 Å². The molecule has 2 aromatic rings. The molecule has 0 spiro atoms. The second-order valence-electron chi connectivity index (χ2n) is 7.81. The molecule has 0 radical (unpaired) electrons. The van der Waals surface area contributed by atoms with Crippen molar-refractivity contribution < 1.29 is 17.6 Å². The lowest BCUT2D eigenvalue weighted by atomic mass is 10.1. The molecule has 1 aliphatic heterocycles. The molecule has 8 nitrogen and oxygen atoms in total. The summed E-state index contributed by atoms with van der Waals surface area (Å²) >= 11 is 0. The van der Waals surface area contributed by atoms with Gasteiger partial charge in [0.2, 0.25) is 15.9 Å². The molecule has 1 aliphatic rings. The molecule has 2 heterocycles. The highest BCUT2D eigenvalue weighted by Gasteiger charge is 2.29. The van der Waals surface area contributed by atoms with Crippen molar-refractivity contribution >= 4 is 15.9 Å². The van der Waals surface area contributed by atoms with E-state index < -0.39 is 32.7 Å². The van der Waals surface area contributed by atoms with Crippen LogP contribution >= 0.6 is 0 Å². The number of carbonyl (C=O) groups excluding carboxylic acids is 1. The average Bonchev–Trinajstić information content (AvgIpc) is 2.92. The predicted octanol–water partition coefficient (Wildman–Crippen LogP) is 1.81. The number of rotatable bonds is 8. The Morgan fingerprint density at radius 2 is 1.97 bits per heavy atom. The number of halogens is 1. The van der Waals surface area contributed by atoms with Crippen molar-refractivity contribution in [3.63, 3.8) is 0 Å². The maximum Gasteiger partial charge on any atom is 0.244 e. The monoisotopic (exact) mass is 437 g/mol. The lowest BCUT2D eigenvalue weighted by molar-refractivity contribution is -0.123. The summed E-state index contributed by atoms with van der Waals surface area (Å²) in [5, 5.41) is 11.2. The number of amides is 1. The van der Waals surface area contributed by atoms with Gasteiger partial charge in [0.25, 0.3) is 0 Å². The van der Waals surface area contributed by atoms with Crippen LogP contribution in [0.3, 0.4) is 0 Å². The lowest BCUT2D eigenvalue weighted by Gasteiger charge is -2.21. The third-order valence-corrected chi connectivity index (χ3v) is 6.67. The van der Waals surface area contributed by atoms with Gasteiger partial charge < -0.3 is 9.88 Å². The number of nitrogens with one attached hydrogen (secondary N) is 2. The van der Waals surface area contributed by atoms with Crippen LogP contribution in [0.2, 0.25) is 0 Å². The number of hydrogen-bond acceptors (Lipinski definition) is 5. The summed E-state index contributed by atoms with van der Waals surface area (Å²) in [5.41, 5.74) is 0. The lowest BCUT2D eigenvalue weighted by Crippen LogP contribution is -2.50. The molecule has 10 heteroatoms. The van der Waals surface area contributed by atoms with Gasteiger partial charge in [-0.2, -0.15) is 4.72 Å². The minimum absolute atomic E-state index is 0.307. The fourth-order valence-corrected chi connectivity index (χ4v) is 4.95. The predicted molar refractivity (Wildman–Crippen MR) is 110 cm³/mol. The summed E-state index contributed by atoms with van der Waals surface area (Å²) in [6.07, 6.45) is 4.76. The Balaban J connectivity index is 1.62. The van der Waals surface area contributed by atoms with Crippen molar-refractivity contribution in [2.75, 3.05) is 6.54 Å². The smallest absolute Gasteiger partial charge is 0.244 e. The molecule has 0 bridgehead atoms. The highest BCUT2D eigenvalue weighted by atomic mass is 32.2. The largest absolute Gasteiger partial charge is 0.354 e. The van der Waals surface area contributed by atoms with Gasteiger partial charge in [0.05, 0.1) is 0 Å². The normalized spacial score (nSPS) is 15.5. The number of fused-ring (bicyclic) bond motifs is 1. The average molecular weight is 438 g/mol. The molecule has 0 unspecified atom stereocenters. The molecule has 0 fully saturated rings. The van der Waals surface area contributed by atoms with Crippen molar-refractivity contribution in [2.45, 2.75) is 63.4 Å². The zero-order valence-electron chi connectivity index (χ0n) is 17.3. The molecule has 164 valence electrons. The number of hydrogen-bond donors (Lipinski definition) is 2. The standard InChI is InChI=1S/C20H28FN5O3S/c1-14(2)19(25-30(28,29)16-9-6-5-8-15(16)21)20(27)22-12-11-18-24-23-17-10-4-3-7-13-26(17)18/h5-6,8-9,14,19,25H,3-4,7,10-13H2,1-2H3,(H,22,27)/t19-/m0/s1. The number of sulfonamides is 1. The van der Waals surface area contributed by atoms with E-state index in [0.717, 1.165) is 49.9 Å². The Kier molecular flexibility index (Phi) is 7.19. The van der Waals surface area contributed by atoms with Crippen molar-refractivity contribution in [1.29, 1.82) is 0 Å². The van der Waals surface area contributed by atoms with Gasteiger partial charge in [-0.05, 0) is 30.9 Å². The molecule has 1 amide bonds. The van der Waals surface area contributed by atoms with Crippen LogP contribution in [0.15, 0.2) is 29.2 Å². The first-order chi connectivity index (χ1) is 14.3. The van der Waals surface area contributed by atoms with E-state index in [9.17, 15) is 17.6 Å². The number of carbonyl (C=O) groups is 1. The third-order valence-electron chi connectivity index (χ3n) is 5.19. The molecule has 0 saturated heterocycles. The van der Waals surface area contributed by atoms with Crippen molar-refractivity contribution in [2.24, 2.45) is 5.92 Å². The van der Waals surface area contributed by atoms with E-state index in [4.69, 9.17) is 0 Å². The van der Waals surface area contributed by atoms with Crippen LogP contribution in [0, 0.1) is 11.7 Å². The van der Waals surface area contributed by atoms with Crippen LogP contribution < -0.4 is 10.0 Å². The van der Waals surface area contributed by atoms with Crippen LogP contribution in [-0.4, -0.2) is 41.7 Å². The maximum atomic E-state index is 13.9. The SMILES string of the molecule is CC(C)[C@H](NS(=O)(=O)c1ccccc1F)C(=O)NCCc1nnc2n1CCCCC2. The molecule has 1 aromatic carbocycles. The van der Waals surface area contributed by atoms with Gasteiger partial charge in [-0.15, -0.1) is 10.2 Å². The summed E-state index contributed by atoms with van der Waals surface area (Å²) in [6, 6.07) is 4.06. The number of aryl methyl sites for hydroxylation is 1. The molecule has 1 aromatic heterocycles. The van der Waals surface area contributed by atoms with E-state index in [1.165, 1.54) is 18.2 Å². The number of aromatic nitrogens is 3. The fourth-order valence-electron chi connectivity index (χ4n) is 3.52. The summed E-state index contributed by atoms with van der Waals surface area (Å²) in [4.78, 5) is 12.2. The minimum Gasteiger partial charge on any atom is -0.354 e. The Hall–Kier alpha value is -2.33. The Bertz CT molecular complexity index is 990. The van der Waals surface area contributed by atoms with Gasteiger partial charge in [-0.1, -0.05) is 32.4 Å². The van der Waals surface area contributed by atoms with E-state index in [-0.39, 0.29) is 5.92 Å². The molecule has 30 heavy (non-hydrogen) atoms. The highest BCUT2D eigenvalue weighted by molar-refractivity contribution is 7.89. The minimum atomic E-state index is -4.18. The van der Waals surface area contributed by atoms with E-state index in [0.29, 0.717) is 13.0 Å². The van der Waals surface area contributed by atoms with Crippen LogP contribution in [0.4, 0.5) is 4.39 Å². The number of benzene rings is 1. The maximum absolute atomic E-state index is 13.9. The molecule has 0 saturated carbocycles. The van der Waals surface area contributed by atoms with Crippen molar-refractivity contribution in [3.05, 3.63) is 41.7 Å². The topological polar surface area (TPSA) is 106 Å². The Morgan fingerprint density at radius 3 is 2.70 bits per heavy atom. The first kappa shape index (κ1) is 22.4. The molecular weight excluding hydrogens is 409 g/mol. The van der Waals surface area contributed by atoms with Crippen LogP contribution in [0.1, 0.15) is 44.8 Å². The molecule has 3 rings (SSSR count). The van der Waals surface area contributed by atoms with E-state index in [2.05, 4.69) is 24.8 Å². The molecule has 0 aliphatic carbocycles. The van der Waals surface area contributed by atoms with Gasteiger partial charge in [-0.25, -0.2) is 12.8 Å². The van der Waals surface area contributed by atoms with Gasteiger partial charge in [0, 0.05) is 25.9 Å². The third kappa shape index (κ3) is 5.23. The van der Waals surface area contributed by atoms with E-state index >= 15 is 0 Å². The second-order valence-corrected chi connectivity index (χ2v) is 9.49. The molecule has 2 N–H and O–H groups in total. The summed E-state index contributed by atoms with van der Waals surface area (Å²) in [7, 11) is -4.18. The van der Waals surface area contributed by atoms with Crippen molar-refractivity contribution in [3.8, 4) is 0 Å². The van der Waals surface area contributed by atoms with Crippen LogP contribution in [0.25, 0.3) is 0 Å². The quantitative estimate of drug-likeness (QED) is 0.655. The number of nitrogens with zero attached hydrogens (tertiary/aromatic N) is 3. The van der Waals surface area contributed by atoms with Gasteiger partial charge in [0.15, 0.2) is 0 Å². The van der Waals surface area contributed by atoms with Gasteiger partial charge in [0.1, 0.15) is 28.4 Å². The zero-order valence-corrected chi connectivity index (χ0v) is 18.1. The summed E-state index contributed by atoms with van der Waals surface area (Å²) in [5.74, 6) is 0.156. The highest BCUT2D eigenvalue weighted by Crippen LogP contribution is 2.16. The first-order valence-corrected chi connectivity index (χ1v) is 11.7. The Labute approximate surface area is 176 Å². The van der Waals surface area contributed by atoms with Gasteiger partial charge in [-0.3, -0.25) is 4.79 Å². The van der Waals surface area contributed by atoms with Gasteiger partial charge >= 0.3 is 0 Å². The first-order valence-electron chi connectivity index (χ1n) is 10.2. The Morgan fingerprint density at radius 1 is 1.20 bits per heavy atom. The zero-order chi connectivity index (χ0) is 21.7. The second kappa shape index (κ2) is 9.65. The fraction of sp³-hybridized carbons (Fsp3) is 0.550.